The predicted molar refractivity (Wildman–Crippen MR) is 92.4 cm³/mol. The van der Waals surface area contributed by atoms with Gasteiger partial charge in [0.15, 0.2) is 0 Å². The number of hydrogen-bond acceptors (Lipinski definition) is 5. The molecule has 1 aromatic heterocycles. The van der Waals surface area contributed by atoms with Crippen LogP contribution in [0.4, 0.5) is 10.7 Å². The first kappa shape index (κ1) is 16.3. The summed E-state index contributed by atoms with van der Waals surface area (Å²) < 4.78 is 5.39. The standard InChI is InChI=1S/C17H22N4O3/c1-17(2,3)24-16(23)21-10-8-20(9-11-21)15-18-13-7-5-4-6-12(13)14(22)19-15/h4-7H,8-11H2,1-3H3,(H,18,19,22). The average molecular weight is 330 g/mol. The van der Waals surface area contributed by atoms with Crippen LogP contribution in [-0.2, 0) is 4.74 Å². The molecule has 128 valence electrons. The number of amides is 1. The van der Waals surface area contributed by atoms with E-state index in [4.69, 9.17) is 4.74 Å². The monoisotopic (exact) mass is 330 g/mol. The highest BCUT2D eigenvalue weighted by atomic mass is 16.6. The summed E-state index contributed by atoms with van der Waals surface area (Å²) in [4.78, 5) is 35.3. The van der Waals surface area contributed by atoms with Gasteiger partial charge >= 0.3 is 6.09 Å². The first-order valence-corrected chi connectivity index (χ1v) is 8.05. The number of anilines is 1. The highest BCUT2D eigenvalue weighted by Gasteiger charge is 2.26. The molecule has 2 aromatic rings. The fourth-order valence-corrected chi connectivity index (χ4v) is 2.65. The smallest absolute Gasteiger partial charge is 0.410 e. The van der Waals surface area contributed by atoms with Crippen molar-refractivity contribution in [3.63, 3.8) is 0 Å². The summed E-state index contributed by atoms with van der Waals surface area (Å²) in [6.45, 7) is 7.82. The van der Waals surface area contributed by atoms with Crippen molar-refractivity contribution in [3.05, 3.63) is 34.6 Å². The first-order valence-electron chi connectivity index (χ1n) is 8.05. The van der Waals surface area contributed by atoms with Gasteiger partial charge in [-0.1, -0.05) is 12.1 Å². The molecule has 3 rings (SSSR count). The molecule has 0 spiro atoms. The van der Waals surface area contributed by atoms with Gasteiger partial charge in [0.05, 0.1) is 10.9 Å². The Morgan fingerprint density at radius 3 is 2.50 bits per heavy atom. The molecule has 0 aliphatic carbocycles. The van der Waals surface area contributed by atoms with Crippen molar-refractivity contribution in [2.75, 3.05) is 31.1 Å². The lowest BCUT2D eigenvalue weighted by Crippen LogP contribution is -2.50. The normalized spacial score (nSPS) is 15.6. The molecule has 0 unspecified atom stereocenters. The van der Waals surface area contributed by atoms with Crippen LogP contribution in [0.5, 0.6) is 0 Å². The molecule has 7 heteroatoms. The Balaban J connectivity index is 1.71. The van der Waals surface area contributed by atoms with Crippen LogP contribution in [0.2, 0.25) is 0 Å². The Hall–Kier alpha value is -2.57. The number of aromatic nitrogens is 2. The second-order valence-electron chi connectivity index (χ2n) is 6.86. The molecule has 0 bridgehead atoms. The van der Waals surface area contributed by atoms with Crippen LogP contribution in [0.25, 0.3) is 10.9 Å². The van der Waals surface area contributed by atoms with Crippen LogP contribution >= 0.6 is 0 Å². The van der Waals surface area contributed by atoms with Crippen LogP contribution < -0.4 is 10.5 Å². The summed E-state index contributed by atoms with van der Waals surface area (Å²) in [5.41, 5.74) is 0.0234. The SMILES string of the molecule is CC(C)(C)OC(=O)N1CCN(c2nc3ccccc3c(=O)[nH]2)CC1. The van der Waals surface area contributed by atoms with Crippen molar-refractivity contribution in [2.45, 2.75) is 26.4 Å². The van der Waals surface area contributed by atoms with Crippen molar-refractivity contribution < 1.29 is 9.53 Å². The number of rotatable bonds is 1. The highest BCUT2D eigenvalue weighted by molar-refractivity contribution is 5.78. The van der Waals surface area contributed by atoms with Crippen molar-refractivity contribution in [2.24, 2.45) is 0 Å². The van der Waals surface area contributed by atoms with E-state index < -0.39 is 5.60 Å². The number of carbonyl (C=O) groups excluding carboxylic acids is 1. The van der Waals surface area contributed by atoms with E-state index in [0.29, 0.717) is 43.0 Å². The van der Waals surface area contributed by atoms with E-state index >= 15 is 0 Å². The van der Waals surface area contributed by atoms with Crippen molar-refractivity contribution in [1.82, 2.24) is 14.9 Å². The molecule has 7 nitrogen and oxygen atoms in total. The van der Waals surface area contributed by atoms with Gasteiger partial charge in [-0.2, -0.15) is 0 Å². The van der Waals surface area contributed by atoms with E-state index in [1.807, 2.05) is 43.9 Å². The number of benzene rings is 1. The lowest BCUT2D eigenvalue weighted by Gasteiger charge is -2.35. The fourth-order valence-electron chi connectivity index (χ4n) is 2.65. The Morgan fingerprint density at radius 1 is 1.17 bits per heavy atom. The lowest BCUT2D eigenvalue weighted by molar-refractivity contribution is 0.0240. The molecule has 24 heavy (non-hydrogen) atoms. The molecule has 0 atom stereocenters. The minimum atomic E-state index is -0.501. The highest BCUT2D eigenvalue weighted by Crippen LogP contribution is 2.16. The Morgan fingerprint density at radius 2 is 1.83 bits per heavy atom. The average Bonchev–Trinajstić information content (AvgIpc) is 2.53. The van der Waals surface area contributed by atoms with Crippen LogP contribution in [0.1, 0.15) is 20.8 Å². The quantitative estimate of drug-likeness (QED) is 0.865. The number of aromatic amines is 1. The van der Waals surface area contributed by atoms with E-state index in [9.17, 15) is 9.59 Å². The molecule has 1 fully saturated rings. The van der Waals surface area contributed by atoms with Gasteiger partial charge in [0, 0.05) is 26.2 Å². The minimum absolute atomic E-state index is 0.148. The summed E-state index contributed by atoms with van der Waals surface area (Å²) in [5, 5.41) is 0.577. The van der Waals surface area contributed by atoms with E-state index in [0.717, 1.165) is 0 Å². The van der Waals surface area contributed by atoms with Gasteiger partial charge in [-0.3, -0.25) is 9.78 Å². The van der Waals surface area contributed by atoms with Crippen molar-refractivity contribution >= 4 is 22.9 Å². The van der Waals surface area contributed by atoms with E-state index in [-0.39, 0.29) is 11.7 Å². The third-order valence-electron chi connectivity index (χ3n) is 3.83. The van der Waals surface area contributed by atoms with Crippen LogP contribution in [0.3, 0.4) is 0 Å². The van der Waals surface area contributed by atoms with E-state index in [1.165, 1.54) is 0 Å². The molecule has 1 aromatic carbocycles. The largest absolute Gasteiger partial charge is 0.444 e. The number of fused-ring (bicyclic) bond motifs is 1. The second kappa shape index (κ2) is 6.14. The molecule has 1 N–H and O–H groups in total. The number of piperazine rings is 1. The van der Waals surface area contributed by atoms with E-state index in [2.05, 4.69) is 9.97 Å². The number of para-hydroxylation sites is 1. The third-order valence-corrected chi connectivity index (χ3v) is 3.83. The molecule has 1 aliphatic rings. The number of hydrogen-bond donors (Lipinski definition) is 1. The zero-order valence-corrected chi connectivity index (χ0v) is 14.2. The van der Waals surface area contributed by atoms with Crippen LogP contribution in [0.15, 0.2) is 29.1 Å². The predicted octanol–water partition coefficient (Wildman–Crippen LogP) is 1.98. The van der Waals surface area contributed by atoms with Crippen molar-refractivity contribution in [3.8, 4) is 0 Å². The van der Waals surface area contributed by atoms with Crippen LogP contribution in [0, 0.1) is 0 Å². The number of H-pyrrole nitrogens is 1. The van der Waals surface area contributed by atoms with Gasteiger partial charge in [-0.15, -0.1) is 0 Å². The maximum absolute atomic E-state index is 12.2. The summed E-state index contributed by atoms with van der Waals surface area (Å²) in [6, 6.07) is 7.26. The number of ether oxygens (including phenoxy) is 1. The summed E-state index contributed by atoms with van der Waals surface area (Å²) in [6.07, 6.45) is -0.304. The maximum atomic E-state index is 12.2. The maximum Gasteiger partial charge on any atom is 0.410 e. The summed E-state index contributed by atoms with van der Waals surface area (Å²) in [5.74, 6) is 0.544. The molecule has 0 radical (unpaired) electrons. The van der Waals surface area contributed by atoms with Crippen LogP contribution in [-0.4, -0.2) is 52.7 Å². The lowest BCUT2D eigenvalue weighted by atomic mass is 10.2. The van der Waals surface area contributed by atoms with Gasteiger partial charge in [0.1, 0.15) is 5.60 Å². The first-order chi connectivity index (χ1) is 11.3. The van der Waals surface area contributed by atoms with Gasteiger partial charge in [-0.25, -0.2) is 9.78 Å². The van der Waals surface area contributed by atoms with Gasteiger partial charge in [0.2, 0.25) is 5.95 Å². The van der Waals surface area contributed by atoms with Crippen molar-refractivity contribution in [1.29, 1.82) is 0 Å². The third kappa shape index (κ3) is 3.50. The van der Waals surface area contributed by atoms with Gasteiger partial charge in [0.25, 0.3) is 5.56 Å². The molecule has 2 heterocycles. The number of nitrogens with zero attached hydrogens (tertiary/aromatic N) is 3. The molecule has 1 aliphatic heterocycles. The number of carbonyl (C=O) groups is 1. The Kier molecular flexibility index (Phi) is 4.17. The molecule has 0 saturated carbocycles. The minimum Gasteiger partial charge on any atom is -0.444 e. The van der Waals surface area contributed by atoms with Gasteiger partial charge < -0.3 is 14.5 Å². The number of nitrogens with one attached hydrogen (secondary N) is 1. The molecule has 1 saturated heterocycles. The molecule has 1 amide bonds. The van der Waals surface area contributed by atoms with Gasteiger partial charge in [-0.05, 0) is 32.9 Å². The molecular formula is C17H22N4O3. The summed E-state index contributed by atoms with van der Waals surface area (Å²) in [7, 11) is 0. The fraction of sp³-hybridized carbons (Fsp3) is 0.471. The Labute approximate surface area is 140 Å². The second-order valence-corrected chi connectivity index (χ2v) is 6.86. The Bertz CT molecular complexity index is 801. The zero-order valence-electron chi connectivity index (χ0n) is 14.2. The topological polar surface area (TPSA) is 78.5 Å². The zero-order chi connectivity index (χ0) is 17.3. The van der Waals surface area contributed by atoms with E-state index in [1.54, 1.807) is 11.0 Å². The summed E-state index contributed by atoms with van der Waals surface area (Å²) >= 11 is 0. The molecular weight excluding hydrogens is 308 g/mol.